The second-order valence-electron chi connectivity index (χ2n) is 3.96. The minimum absolute atomic E-state index is 0.282. The minimum atomic E-state index is 0.282. The van der Waals surface area contributed by atoms with E-state index in [2.05, 4.69) is 20.4 Å². The second kappa shape index (κ2) is 6.45. The highest BCUT2D eigenvalue weighted by atomic mass is 35.5. The number of nitrogens with zero attached hydrogens (tertiary/aromatic N) is 4. The van der Waals surface area contributed by atoms with E-state index < -0.39 is 0 Å². The Morgan fingerprint density at radius 2 is 1.95 bits per heavy atom. The van der Waals surface area contributed by atoms with Gasteiger partial charge in [0.2, 0.25) is 11.9 Å². The molecule has 106 valence electrons. The van der Waals surface area contributed by atoms with Crippen molar-refractivity contribution < 1.29 is 0 Å². The van der Waals surface area contributed by atoms with E-state index in [4.69, 9.17) is 29.0 Å². The van der Waals surface area contributed by atoms with Gasteiger partial charge in [-0.25, -0.2) is 5.84 Å². The van der Waals surface area contributed by atoms with Crippen LogP contribution in [0.4, 0.5) is 11.9 Å². The summed E-state index contributed by atoms with van der Waals surface area (Å²) in [5, 5.41) is 1.64. The molecule has 6 nitrogen and oxygen atoms in total. The Morgan fingerprint density at radius 1 is 1.20 bits per heavy atom. The van der Waals surface area contributed by atoms with Gasteiger partial charge in [0, 0.05) is 24.0 Å². The lowest BCUT2D eigenvalue weighted by atomic mass is 10.4. The Kier molecular flexibility index (Phi) is 4.87. The van der Waals surface area contributed by atoms with E-state index in [0.717, 1.165) is 4.90 Å². The Balaban J connectivity index is 2.37. The number of benzene rings is 1. The first-order chi connectivity index (χ1) is 9.49. The van der Waals surface area contributed by atoms with Crippen molar-refractivity contribution in [3.05, 3.63) is 28.2 Å². The quantitative estimate of drug-likeness (QED) is 0.658. The zero-order valence-corrected chi connectivity index (χ0v) is 13.1. The van der Waals surface area contributed by atoms with Crippen LogP contribution in [-0.2, 0) is 0 Å². The number of hydrazine groups is 1. The summed E-state index contributed by atoms with van der Waals surface area (Å²) in [5.74, 6) is 6.13. The molecule has 0 saturated heterocycles. The SMILES string of the molecule is CN(C)c1nc(NN)nc(Sc2cc(Cl)ccc2Cl)n1. The van der Waals surface area contributed by atoms with Gasteiger partial charge in [-0.2, -0.15) is 15.0 Å². The Hall–Kier alpha value is -1.28. The highest BCUT2D eigenvalue weighted by molar-refractivity contribution is 7.99. The van der Waals surface area contributed by atoms with Crippen LogP contribution in [0.2, 0.25) is 10.0 Å². The van der Waals surface area contributed by atoms with Gasteiger partial charge in [0.25, 0.3) is 0 Å². The number of hydrogen-bond acceptors (Lipinski definition) is 7. The molecule has 3 N–H and O–H groups in total. The molecule has 2 rings (SSSR count). The summed E-state index contributed by atoms with van der Waals surface area (Å²) in [6.07, 6.45) is 0. The first kappa shape index (κ1) is 15.1. The molecule has 0 radical (unpaired) electrons. The van der Waals surface area contributed by atoms with Crippen LogP contribution in [0.25, 0.3) is 0 Å². The minimum Gasteiger partial charge on any atom is -0.347 e. The van der Waals surface area contributed by atoms with Crippen LogP contribution in [0.5, 0.6) is 0 Å². The molecule has 0 bridgehead atoms. The van der Waals surface area contributed by atoms with E-state index in [-0.39, 0.29) is 5.95 Å². The fraction of sp³-hybridized carbons (Fsp3) is 0.182. The van der Waals surface area contributed by atoms with Crippen molar-refractivity contribution >= 4 is 46.9 Å². The maximum Gasteiger partial charge on any atom is 0.242 e. The standard InChI is InChI=1S/C11H12Cl2N6S/c1-19(2)10-15-9(18-14)16-11(17-10)20-8-5-6(12)3-4-7(8)13/h3-5H,14H2,1-2H3,(H,15,16,17,18). The summed E-state index contributed by atoms with van der Waals surface area (Å²) in [4.78, 5) is 15.1. The van der Waals surface area contributed by atoms with Crippen LogP contribution in [0.1, 0.15) is 0 Å². The van der Waals surface area contributed by atoms with E-state index in [0.29, 0.717) is 21.2 Å². The van der Waals surface area contributed by atoms with Gasteiger partial charge in [-0.15, -0.1) is 0 Å². The number of aromatic nitrogens is 3. The van der Waals surface area contributed by atoms with E-state index in [1.54, 1.807) is 23.1 Å². The van der Waals surface area contributed by atoms with Crippen LogP contribution in [0.15, 0.2) is 28.3 Å². The topological polar surface area (TPSA) is 80.0 Å². The Morgan fingerprint density at radius 3 is 2.60 bits per heavy atom. The number of nitrogens with one attached hydrogen (secondary N) is 1. The molecular weight excluding hydrogens is 319 g/mol. The predicted octanol–water partition coefficient (Wildman–Crippen LogP) is 2.68. The van der Waals surface area contributed by atoms with E-state index in [1.807, 2.05) is 14.1 Å². The molecule has 1 aromatic heterocycles. The fourth-order valence-corrected chi connectivity index (χ4v) is 2.59. The fourth-order valence-electron chi connectivity index (χ4n) is 1.31. The monoisotopic (exact) mass is 330 g/mol. The van der Waals surface area contributed by atoms with Crippen molar-refractivity contribution in [1.82, 2.24) is 15.0 Å². The molecule has 0 amide bonds. The molecule has 20 heavy (non-hydrogen) atoms. The molecule has 0 atom stereocenters. The third-order valence-electron chi connectivity index (χ3n) is 2.23. The Labute approximate surface area is 130 Å². The molecule has 0 aliphatic rings. The summed E-state index contributed by atoms with van der Waals surface area (Å²) in [5.41, 5.74) is 2.41. The molecule has 2 aromatic rings. The van der Waals surface area contributed by atoms with Gasteiger partial charge in [0.15, 0.2) is 5.16 Å². The van der Waals surface area contributed by atoms with Crippen molar-refractivity contribution in [1.29, 1.82) is 0 Å². The van der Waals surface area contributed by atoms with Crippen molar-refractivity contribution in [3.63, 3.8) is 0 Å². The number of anilines is 2. The normalized spacial score (nSPS) is 10.4. The molecule has 9 heteroatoms. The van der Waals surface area contributed by atoms with E-state index >= 15 is 0 Å². The van der Waals surface area contributed by atoms with Crippen molar-refractivity contribution in [2.24, 2.45) is 5.84 Å². The number of hydrogen-bond donors (Lipinski definition) is 2. The lowest BCUT2D eigenvalue weighted by molar-refractivity contribution is 0.866. The van der Waals surface area contributed by atoms with Crippen LogP contribution < -0.4 is 16.2 Å². The van der Waals surface area contributed by atoms with Gasteiger partial charge in [-0.05, 0) is 30.0 Å². The third-order valence-corrected chi connectivity index (χ3v) is 3.83. The highest BCUT2D eigenvalue weighted by Crippen LogP contribution is 2.34. The average molecular weight is 331 g/mol. The molecule has 0 saturated carbocycles. The van der Waals surface area contributed by atoms with Crippen LogP contribution in [0, 0.1) is 0 Å². The largest absolute Gasteiger partial charge is 0.347 e. The third kappa shape index (κ3) is 3.63. The summed E-state index contributed by atoms with van der Waals surface area (Å²) >= 11 is 13.4. The molecule has 0 aliphatic heterocycles. The summed E-state index contributed by atoms with van der Waals surface area (Å²) < 4.78 is 0. The zero-order valence-electron chi connectivity index (χ0n) is 10.8. The number of rotatable bonds is 4. The second-order valence-corrected chi connectivity index (χ2v) is 5.81. The first-order valence-corrected chi connectivity index (χ1v) is 7.10. The Bertz CT molecular complexity index is 622. The van der Waals surface area contributed by atoms with Gasteiger partial charge in [-0.1, -0.05) is 23.2 Å². The van der Waals surface area contributed by atoms with E-state index in [1.165, 1.54) is 11.8 Å². The molecule has 0 spiro atoms. The molecule has 0 fully saturated rings. The molecule has 0 aliphatic carbocycles. The molecule has 1 heterocycles. The smallest absolute Gasteiger partial charge is 0.242 e. The first-order valence-electron chi connectivity index (χ1n) is 5.52. The zero-order chi connectivity index (χ0) is 14.7. The average Bonchev–Trinajstić information content (AvgIpc) is 2.42. The van der Waals surface area contributed by atoms with Gasteiger partial charge < -0.3 is 4.90 Å². The number of halogens is 2. The molecular formula is C11H12Cl2N6S. The van der Waals surface area contributed by atoms with Crippen LogP contribution >= 0.6 is 35.0 Å². The van der Waals surface area contributed by atoms with E-state index in [9.17, 15) is 0 Å². The maximum atomic E-state index is 6.12. The van der Waals surface area contributed by atoms with Gasteiger partial charge in [-0.3, -0.25) is 5.43 Å². The van der Waals surface area contributed by atoms with Crippen molar-refractivity contribution in [3.8, 4) is 0 Å². The van der Waals surface area contributed by atoms with Crippen molar-refractivity contribution in [2.45, 2.75) is 10.1 Å². The molecule has 1 aromatic carbocycles. The van der Waals surface area contributed by atoms with Gasteiger partial charge in [0.05, 0.1) is 5.02 Å². The lowest BCUT2D eigenvalue weighted by Crippen LogP contribution is -2.17. The number of nitrogen functional groups attached to an aromatic ring is 1. The number of nitrogens with two attached hydrogens (primary N) is 1. The highest BCUT2D eigenvalue weighted by Gasteiger charge is 2.11. The lowest BCUT2D eigenvalue weighted by Gasteiger charge is -2.12. The predicted molar refractivity (Wildman–Crippen MR) is 82.5 cm³/mol. The van der Waals surface area contributed by atoms with Gasteiger partial charge >= 0.3 is 0 Å². The summed E-state index contributed by atoms with van der Waals surface area (Å²) in [6.45, 7) is 0. The van der Waals surface area contributed by atoms with Gasteiger partial charge in [0.1, 0.15) is 0 Å². The van der Waals surface area contributed by atoms with Crippen LogP contribution in [0.3, 0.4) is 0 Å². The summed E-state index contributed by atoms with van der Waals surface area (Å²) in [7, 11) is 3.66. The maximum absolute atomic E-state index is 6.12. The summed E-state index contributed by atoms with van der Waals surface area (Å²) in [6, 6.07) is 5.20. The molecule has 0 unspecified atom stereocenters. The van der Waals surface area contributed by atoms with Crippen molar-refractivity contribution in [2.75, 3.05) is 24.4 Å². The van der Waals surface area contributed by atoms with Crippen LogP contribution in [-0.4, -0.2) is 29.0 Å².